The van der Waals surface area contributed by atoms with Crippen LogP contribution in [-0.2, 0) is 25.6 Å². The van der Waals surface area contributed by atoms with Crippen molar-refractivity contribution >= 4 is 29.7 Å². The molecule has 39 heavy (non-hydrogen) atoms. The Kier molecular flexibility index (Phi) is 8.08. The minimum absolute atomic E-state index is 0.139. The Balaban J connectivity index is 1.28. The molecule has 0 spiro atoms. The number of cyclic esters (lactones) is 1. The Morgan fingerprint density at radius 2 is 1.74 bits per heavy atom. The van der Waals surface area contributed by atoms with Crippen molar-refractivity contribution in [3.8, 4) is 11.1 Å². The fraction of sp³-hybridized carbons (Fsp3) is 0.429. The third kappa shape index (κ3) is 7.04. The number of carbonyl (C=O) groups is 4. The average molecular weight is 541 g/mol. The van der Waals surface area contributed by atoms with Crippen LogP contribution in [-0.4, -0.2) is 66.8 Å². The number of rotatable bonds is 7. The van der Waals surface area contributed by atoms with Crippen LogP contribution in [0.3, 0.4) is 0 Å². The quantitative estimate of drug-likeness (QED) is 0.556. The lowest BCUT2D eigenvalue weighted by molar-refractivity contribution is -0.129. The first-order valence-corrected chi connectivity index (χ1v) is 12.8. The molecular weight excluding hydrogens is 507 g/mol. The van der Waals surface area contributed by atoms with E-state index in [-0.39, 0.29) is 30.8 Å². The lowest BCUT2D eigenvalue weighted by atomic mass is 9.99. The smallest absolute Gasteiger partial charge is 0.414 e. The Hall–Kier alpha value is -4.15. The Morgan fingerprint density at radius 3 is 2.36 bits per heavy atom. The highest BCUT2D eigenvalue weighted by atomic mass is 19.1. The third-order valence-corrected chi connectivity index (χ3v) is 6.35. The molecule has 11 heteroatoms. The summed E-state index contributed by atoms with van der Waals surface area (Å²) in [5, 5.41) is 5.48. The summed E-state index contributed by atoms with van der Waals surface area (Å²) in [6.45, 7) is 8.10. The summed E-state index contributed by atoms with van der Waals surface area (Å²) in [7, 11) is 0. The maximum absolute atomic E-state index is 15.0. The van der Waals surface area contributed by atoms with Gasteiger partial charge in [-0.1, -0.05) is 24.3 Å². The van der Waals surface area contributed by atoms with Crippen molar-refractivity contribution in [2.75, 3.05) is 31.1 Å². The van der Waals surface area contributed by atoms with Gasteiger partial charge in [0.1, 0.15) is 17.5 Å². The van der Waals surface area contributed by atoms with E-state index in [0.717, 1.165) is 5.56 Å². The summed E-state index contributed by atoms with van der Waals surface area (Å²) in [5.74, 6) is -1.14. The number of likely N-dealkylation sites (tertiary alicyclic amines) is 1. The van der Waals surface area contributed by atoms with Crippen molar-refractivity contribution in [1.82, 2.24) is 15.5 Å². The molecule has 4 amide bonds. The van der Waals surface area contributed by atoms with Gasteiger partial charge >= 0.3 is 12.2 Å². The second-order valence-corrected chi connectivity index (χ2v) is 10.7. The van der Waals surface area contributed by atoms with Gasteiger partial charge in [-0.15, -0.1) is 0 Å². The fourth-order valence-corrected chi connectivity index (χ4v) is 4.26. The van der Waals surface area contributed by atoms with Gasteiger partial charge in [0.05, 0.1) is 24.7 Å². The van der Waals surface area contributed by atoms with Gasteiger partial charge in [-0.3, -0.25) is 14.5 Å². The van der Waals surface area contributed by atoms with Crippen LogP contribution in [0, 0.1) is 11.7 Å². The molecule has 2 aliphatic heterocycles. The molecule has 10 nitrogen and oxygen atoms in total. The van der Waals surface area contributed by atoms with Gasteiger partial charge in [0.2, 0.25) is 11.8 Å². The van der Waals surface area contributed by atoms with E-state index in [4.69, 9.17) is 9.47 Å². The van der Waals surface area contributed by atoms with Crippen molar-refractivity contribution in [3.05, 3.63) is 53.8 Å². The number of amides is 4. The predicted molar refractivity (Wildman–Crippen MR) is 141 cm³/mol. The number of nitrogens with zero attached hydrogens (tertiary/aromatic N) is 2. The molecule has 2 heterocycles. The monoisotopic (exact) mass is 540 g/mol. The van der Waals surface area contributed by atoms with E-state index < -0.39 is 29.7 Å². The van der Waals surface area contributed by atoms with Crippen LogP contribution in [0.25, 0.3) is 11.1 Å². The van der Waals surface area contributed by atoms with E-state index in [1.807, 2.05) is 0 Å². The normalized spacial score (nSPS) is 17.4. The summed E-state index contributed by atoms with van der Waals surface area (Å²) in [5.41, 5.74) is 1.65. The molecule has 2 fully saturated rings. The van der Waals surface area contributed by atoms with Crippen molar-refractivity contribution in [2.45, 2.75) is 45.9 Å². The zero-order valence-electron chi connectivity index (χ0n) is 22.5. The van der Waals surface area contributed by atoms with Gasteiger partial charge in [0.25, 0.3) is 0 Å². The minimum atomic E-state index is -0.594. The van der Waals surface area contributed by atoms with Crippen LogP contribution in [0.15, 0.2) is 42.5 Å². The molecule has 1 unspecified atom stereocenters. The van der Waals surface area contributed by atoms with Crippen LogP contribution in [0.1, 0.15) is 33.3 Å². The molecular formula is C28H33FN4O6. The molecule has 0 aliphatic carbocycles. The number of nitrogens with one attached hydrogen (secondary N) is 2. The summed E-state index contributed by atoms with van der Waals surface area (Å²) < 4.78 is 25.6. The molecule has 2 aromatic carbocycles. The molecule has 1 atom stereocenters. The molecule has 0 aromatic heterocycles. The predicted octanol–water partition coefficient (Wildman–Crippen LogP) is 3.44. The first-order valence-electron chi connectivity index (χ1n) is 12.8. The number of halogens is 1. The fourth-order valence-electron chi connectivity index (χ4n) is 4.26. The topological polar surface area (TPSA) is 117 Å². The summed E-state index contributed by atoms with van der Waals surface area (Å²) in [6, 6.07) is 11.7. The third-order valence-electron chi connectivity index (χ3n) is 6.35. The van der Waals surface area contributed by atoms with Gasteiger partial charge in [0, 0.05) is 32.1 Å². The Bertz CT molecular complexity index is 1250. The number of ether oxygens (including phenoxy) is 2. The second-order valence-electron chi connectivity index (χ2n) is 10.7. The number of hydrogen-bond donors (Lipinski definition) is 2. The van der Waals surface area contributed by atoms with E-state index in [1.165, 1.54) is 22.8 Å². The van der Waals surface area contributed by atoms with Crippen LogP contribution in [0.4, 0.5) is 19.7 Å². The van der Waals surface area contributed by atoms with Gasteiger partial charge in [0.15, 0.2) is 0 Å². The number of hydrogen-bond acceptors (Lipinski definition) is 6. The van der Waals surface area contributed by atoms with E-state index in [1.54, 1.807) is 57.2 Å². The Labute approximate surface area is 226 Å². The number of benzene rings is 2. The van der Waals surface area contributed by atoms with Crippen LogP contribution >= 0.6 is 0 Å². The van der Waals surface area contributed by atoms with Crippen LogP contribution < -0.4 is 15.5 Å². The van der Waals surface area contributed by atoms with Crippen LogP contribution in [0.5, 0.6) is 0 Å². The molecule has 0 bridgehead atoms. The summed E-state index contributed by atoms with van der Waals surface area (Å²) >= 11 is 0. The zero-order chi connectivity index (χ0) is 28.3. The zero-order valence-corrected chi connectivity index (χ0v) is 22.5. The molecule has 4 rings (SSSR count). The van der Waals surface area contributed by atoms with Crippen LogP contribution in [0.2, 0.25) is 0 Å². The second kappa shape index (κ2) is 11.3. The minimum Gasteiger partial charge on any atom is -0.444 e. The highest BCUT2D eigenvalue weighted by molar-refractivity contribution is 5.90. The molecule has 2 N–H and O–H groups in total. The molecule has 0 radical (unpaired) electrons. The number of anilines is 1. The van der Waals surface area contributed by atoms with Gasteiger partial charge < -0.3 is 25.0 Å². The van der Waals surface area contributed by atoms with Crippen molar-refractivity contribution < 1.29 is 33.0 Å². The molecule has 2 aliphatic rings. The SMILES string of the molecule is CC(=O)NCC1CN(c2ccc(-c3ccc(CNC(=O)C4CN(C(=O)OC(C)(C)C)C4)cc3)c(F)c2)C(=O)O1. The molecule has 2 saturated heterocycles. The average Bonchev–Trinajstić information content (AvgIpc) is 3.20. The molecule has 2 aromatic rings. The van der Waals surface area contributed by atoms with Gasteiger partial charge in [-0.05, 0) is 50.1 Å². The van der Waals surface area contributed by atoms with Gasteiger partial charge in [-0.2, -0.15) is 0 Å². The van der Waals surface area contributed by atoms with Crippen molar-refractivity contribution in [1.29, 1.82) is 0 Å². The van der Waals surface area contributed by atoms with E-state index >= 15 is 4.39 Å². The first-order chi connectivity index (χ1) is 18.4. The maximum Gasteiger partial charge on any atom is 0.414 e. The maximum atomic E-state index is 15.0. The highest BCUT2D eigenvalue weighted by Gasteiger charge is 2.37. The Morgan fingerprint density at radius 1 is 1.05 bits per heavy atom. The van der Waals surface area contributed by atoms with E-state index in [9.17, 15) is 19.2 Å². The van der Waals surface area contributed by atoms with E-state index in [0.29, 0.717) is 36.4 Å². The van der Waals surface area contributed by atoms with E-state index in [2.05, 4.69) is 10.6 Å². The first kappa shape index (κ1) is 27.9. The highest BCUT2D eigenvalue weighted by Crippen LogP contribution is 2.29. The van der Waals surface area contributed by atoms with Crippen molar-refractivity contribution in [3.63, 3.8) is 0 Å². The lowest BCUT2D eigenvalue weighted by Gasteiger charge is -2.38. The summed E-state index contributed by atoms with van der Waals surface area (Å²) in [6.07, 6.45) is -1.53. The summed E-state index contributed by atoms with van der Waals surface area (Å²) in [4.78, 5) is 50.6. The molecule has 0 saturated carbocycles. The number of carbonyl (C=O) groups excluding carboxylic acids is 4. The lowest BCUT2D eigenvalue weighted by Crippen LogP contribution is -2.56. The molecule has 208 valence electrons. The standard InChI is InChI=1S/C28H33FN4O6/c1-17(34)30-13-22-16-33(27(37)38-22)21-9-10-23(24(29)11-21)19-7-5-18(6-8-19)12-31-25(35)20-14-32(15-20)26(36)39-28(2,3)4/h5-11,20,22H,12-16H2,1-4H3,(H,30,34)(H,31,35). The van der Waals surface area contributed by atoms with Crippen molar-refractivity contribution in [2.24, 2.45) is 5.92 Å². The largest absolute Gasteiger partial charge is 0.444 e. The van der Waals surface area contributed by atoms with Gasteiger partial charge in [-0.25, -0.2) is 14.0 Å².